The van der Waals surface area contributed by atoms with Crippen molar-refractivity contribution < 1.29 is 13.2 Å². The Hall–Kier alpha value is -3.35. The summed E-state index contributed by atoms with van der Waals surface area (Å²) in [5, 5.41) is 4.78. The van der Waals surface area contributed by atoms with E-state index in [1.807, 2.05) is 25.3 Å². The molecule has 0 unspecified atom stereocenters. The van der Waals surface area contributed by atoms with E-state index in [1.54, 1.807) is 41.4 Å². The van der Waals surface area contributed by atoms with Crippen molar-refractivity contribution in [1.82, 2.24) is 23.9 Å². The van der Waals surface area contributed by atoms with Crippen LogP contribution in [0.25, 0.3) is 16.9 Å². The number of ether oxygens (including phenoxy) is 1. The van der Waals surface area contributed by atoms with Crippen molar-refractivity contribution in [1.29, 1.82) is 0 Å². The Balaban J connectivity index is 1.51. The average molecular weight is 611 g/mol. The molecule has 10 nitrogen and oxygen atoms in total. The highest BCUT2D eigenvalue weighted by Crippen LogP contribution is 2.33. The van der Waals surface area contributed by atoms with Crippen LogP contribution in [-0.4, -0.2) is 71.3 Å². The Bertz CT molecular complexity index is 1740. The van der Waals surface area contributed by atoms with Gasteiger partial charge in [0.15, 0.2) is 11.3 Å². The van der Waals surface area contributed by atoms with Crippen LogP contribution in [0, 0.1) is 6.92 Å². The summed E-state index contributed by atoms with van der Waals surface area (Å²) in [6, 6.07) is 12.9. The SMILES string of the molecule is CCOc1ccc(S(=O)(=O)N2CCN(c3ccccc3SC)CC2)cc1-c1nn2c(C(CC)CC)nc(C)c2c(=O)[nH]1. The molecule has 1 aliphatic heterocycles. The monoisotopic (exact) mass is 610 g/mol. The number of imidazole rings is 1. The van der Waals surface area contributed by atoms with Crippen molar-refractivity contribution >= 4 is 33.0 Å². The zero-order valence-corrected chi connectivity index (χ0v) is 26.4. The molecule has 0 atom stereocenters. The quantitative estimate of drug-likeness (QED) is 0.252. The van der Waals surface area contributed by atoms with Gasteiger partial charge >= 0.3 is 0 Å². The molecule has 12 heteroatoms. The zero-order valence-electron chi connectivity index (χ0n) is 24.8. The molecule has 2 aromatic heterocycles. The van der Waals surface area contributed by atoms with Crippen molar-refractivity contribution in [3.05, 3.63) is 64.3 Å². The third-order valence-electron chi connectivity index (χ3n) is 7.86. The van der Waals surface area contributed by atoms with Gasteiger partial charge in [-0.25, -0.2) is 17.9 Å². The maximum absolute atomic E-state index is 13.9. The average Bonchev–Trinajstić information content (AvgIpc) is 3.34. The number of para-hydroxylation sites is 1. The number of rotatable bonds is 10. The number of nitrogens with zero attached hydrogens (tertiary/aromatic N) is 5. The zero-order chi connectivity index (χ0) is 30.0. The highest BCUT2D eigenvalue weighted by molar-refractivity contribution is 7.98. The molecule has 0 bridgehead atoms. The molecule has 5 rings (SSSR count). The number of hydrogen-bond donors (Lipinski definition) is 1. The van der Waals surface area contributed by atoms with Crippen LogP contribution in [0.1, 0.15) is 51.0 Å². The molecule has 4 aromatic rings. The fourth-order valence-corrected chi connectivity index (χ4v) is 7.65. The predicted octanol–water partition coefficient (Wildman–Crippen LogP) is 4.93. The molecule has 1 fully saturated rings. The van der Waals surface area contributed by atoms with E-state index in [0.29, 0.717) is 55.3 Å². The van der Waals surface area contributed by atoms with Crippen molar-refractivity contribution in [2.24, 2.45) is 0 Å². The van der Waals surface area contributed by atoms with Crippen LogP contribution in [0.15, 0.2) is 57.1 Å². The number of hydrogen-bond acceptors (Lipinski definition) is 8. The van der Waals surface area contributed by atoms with Crippen LogP contribution in [0.3, 0.4) is 0 Å². The molecule has 0 spiro atoms. The number of anilines is 1. The number of aromatic amines is 1. The molecule has 0 radical (unpaired) electrons. The van der Waals surface area contributed by atoms with Gasteiger partial charge in [0.2, 0.25) is 10.0 Å². The van der Waals surface area contributed by atoms with Gasteiger partial charge in [0, 0.05) is 37.0 Å². The molecule has 0 aliphatic carbocycles. The summed E-state index contributed by atoms with van der Waals surface area (Å²) in [6.07, 6.45) is 3.75. The molecule has 224 valence electrons. The molecule has 42 heavy (non-hydrogen) atoms. The fourth-order valence-electron chi connectivity index (χ4n) is 5.58. The topological polar surface area (TPSA) is 113 Å². The normalized spacial score (nSPS) is 14.7. The minimum absolute atomic E-state index is 0.128. The van der Waals surface area contributed by atoms with Gasteiger partial charge in [-0.1, -0.05) is 26.0 Å². The minimum Gasteiger partial charge on any atom is -0.493 e. The van der Waals surface area contributed by atoms with Gasteiger partial charge in [-0.15, -0.1) is 16.9 Å². The summed E-state index contributed by atoms with van der Waals surface area (Å²) in [5.74, 6) is 1.53. The molecule has 3 heterocycles. The van der Waals surface area contributed by atoms with Crippen LogP contribution >= 0.6 is 11.8 Å². The van der Waals surface area contributed by atoms with Crippen molar-refractivity contribution in [2.45, 2.75) is 56.2 Å². The van der Waals surface area contributed by atoms with E-state index in [9.17, 15) is 13.2 Å². The number of benzene rings is 2. The second-order valence-corrected chi connectivity index (χ2v) is 13.1. The second kappa shape index (κ2) is 12.5. The number of sulfonamides is 1. The summed E-state index contributed by atoms with van der Waals surface area (Å²) in [4.78, 5) is 24.3. The number of aryl methyl sites for hydroxylation is 1. The number of piperazine rings is 1. The molecule has 1 N–H and O–H groups in total. The molecule has 1 aliphatic rings. The number of nitrogens with one attached hydrogen (secondary N) is 1. The van der Waals surface area contributed by atoms with Gasteiger partial charge in [-0.3, -0.25) is 4.79 Å². The van der Waals surface area contributed by atoms with E-state index >= 15 is 0 Å². The first-order valence-electron chi connectivity index (χ1n) is 14.4. The molecule has 1 saturated heterocycles. The Morgan fingerprint density at radius 3 is 2.43 bits per heavy atom. The number of thioether (sulfide) groups is 1. The first-order valence-corrected chi connectivity index (χ1v) is 17.0. The number of H-pyrrole nitrogens is 1. The van der Waals surface area contributed by atoms with E-state index < -0.39 is 10.0 Å². The first kappa shape index (κ1) is 30.1. The van der Waals surface area contributed by atoms with Gasteiger partial charge in [-0.2, -0.15) is 4.31 Å². The lowest BCUT2D eigenvalue weighted by Crippen LogP contribution is -2.48. The largest absolute Gasteiger partial charge is 0.493 e. The lowest BCUT2D eigenvalue weighted by Gasteiger charge is -2.36. The van der Waals surface area contributed by atoms with E-state index in [0.717, 1.165) is 24.4 Å². The highest BCUT2D eigenvalue weighted by atomic mass is 32.2. The van der Waals surface area contributed by atoms with E-state index in [2.05, 4.69) is 40.8 Å². The Labute approximate surface area is 251 Å². The van der Waals surface area contributed by atoms with Crippen LogP contribution in [0.2, 0.25) is 0 Å². The molecular formula is C30H38N6O4S2. The molecule has 0 amide bonds. The maximum Gasteiger partial charge on any atom is 0.277 e. The van der Waals surface area contributed by atoms with E-state index in [1.165, 1.54) is 9.20 Å². The molecular weight excluding hydrogens is 573 g/mol. The lowest BCUT2D eigenvalue weighted by atomic mass is 10.0. The standard InChI is InChI=1S/C30H38N6O4S2/c1-6-21(7-2)29-31-20(4)27-30(37)32-28(33-36(27)29)23-19-22(13-14-25(23)40-8-3)42(38,39)35-17-15-34(16-18-35)24-11-9-10-12-26(24)41-5/h9-14,19,21H,6-8,15-18H2,1-5H3,(H,32,33,37). The molecule has 2 aromatic carbocycles. The maximum atomic E-state index is 13.9. The summed E-state index contributed by atoms with van der Waals surface area (Å²) in [7, 11) is -3.82. The van der Waals surface area contributed by atoms with Crippen molar-refractivity contribution in [3.8, 4) is 17.1 Å². The Morgan fingerprint density at radius 2 is 1.76 bits per heavy atom. The van der Waals surface area contributed by atoms with E-state index in [4.69, 9.17) is 9.84 Å². The fraction of sp³-hybridized carbons (Fsp3) is 0.433. The minimum atomic E-state index is -3.82. The van der Waals surface area contributed by atoms with E-state index in [-0.39, 0.29) is 22.2 Å². The van der Waals surface area contributed by atoms with Gasteiger partial charge in [0.1, 0.15) is 11.6 Å². The van der Waals surface area contributed by atoms with Crippen LogP contribution in [0.5, 0.6) is 5.75 Å². The van der Waals surface area contributed by atoms with Crippen molar-refractivity contribution in [3.63, 3.8) is 0 Å². The molecule has 0 saturated carbocycles. The summed E-state index contributed by atoms with van der Waals surface area (Å²) in [5.41, 5.74) is 2.20. The van der Waals surface area contributed by atoms with Gasteiger partial charge in [0.05, 0.1) is 28.4 Å². The summed E-state index contributed by atoms with van der Waals surface area (Å²) in [6.45, 7) is 10.1. The number of fused-ring (bicyclic) bond motifs is 1. The third-order valence-corrected chi connectivity index (χ3v) is 10.5. The van der Waals surface area contributed by atoms with Crippen molar-refractivity contribution in [2.75, 3.05) is 43.9 Å². The lowest BCUT2D eigenvalue weighted by molar-refractivity contribution is 0.341. The van der Waals surface area contributed by atoms with Crippen LogP contribution < -0.4 is 15.2 Å². The van der Waals surface area contributed by atoms with Gasteiger partial charge in [-0.05, 0) is 63.3 Å². The van der Waals surface area contributed by atoms with Crippen LogP contribution in [-0.2, 0) is 10.0 Å². The number of aromatic nitrogens is 4. The summed E-state index contributed by atoms with van der Waals surface area (Å²) >= 11 is 1.68. The van der Waals surface area contributed by atoms with Gasteiger partial charge < -0.3 is 14.6 Å². The second-order valence-electron chi connectivity index (χ2n) is 10.3. The van der Waals surface area contributed by atoms with Gasteiger partial charge in [0.25, 0.3) is 5.56 Å². The first-order chi connectivity index (χ1) is 20.2. The summed E-state index contributed by atoms with van der Waals surface area (Å²) < 4.78 is 36.7. The third kappa shape index (κ3) is 5.55. The Kier molecular flexibility index (Phi) is 8.95. The van der Waals surface area contributed by atoms with Crippen LogP contribution in [0.4, 0.5) is 5.69 Å². The Morgan fingerprint density at radius 1 is 1.05 bits per heavy atom. The predicted molar refractivity (Wildman–Crippen MR) is 167 cm³/mol. The highest BCUT2D eigenvalue weighted by Gasteiger charge is 2.30. The smallest absolute Gasteiger partial charge is 0.277 e.